The molecule has 0 aliphatic heterocycles. The summed E-state index contributed by atoms with van der Waals surface area (Å²) >= 11 is 0. The second kappa shape index (κ2) is 10.7. The predicted octanol–water partition coefficient (Wildman–Crippen LogP) is 3.13. The summed E-state index contributed by atoms with van der Waals surface area (Å²) in [6.07, 6.45) is 0.378. The van der Waals surface area contributed by atoms with Gasteiger partial charge in [0.15, 0.2) is 6.61 Å². The molecule has 7 nitrogen and oxygen atoms in total. The van der Waals surface area contributed by atoms with Crippen LogP contribution in [-0.2, 0) is 19.1 Å². The molecule has 0 radical (unpaired) electrons. The number of ether oxygens (including phenoxy) is 2. The molecule has 0 saturated heterocycles. The number of hydrogen-bond acceptors (Lipinski definition) is 5. The summed E-state index contributed by atoms with van der Waals surface area (Å²) in [5.74, 6) is -1.06. The summed E-state index contributed by atoms with van der Waals surface area (Å²) < 4.78 is 22.7. The number of benzene rings is 2. The number of hydrogen-bond donors (Lipinski definition) is 2. The molecule has 148 valence electrons. The monoisotopic (exact) mass is 388 g/mol. The molecule has 0 atom stereocenters. The lowest BCUT2D eigenvalue weighted by molar-refractivity contribution is -0.147. The normalized spacial score (nSPS) is 10.1. The Morgan fingerprint density at radius 2 is 1.43 bits per heavy atom. The summed E-state index contributed by atoms with van der Waals surface area (Å²) in [6.45, 7) is -0.410. The Labute approximate surface area is 161 Å². The Kier molecular flexibility index (Phi) is 7.95. The zero-order valence-electron chi connectivity index (χ0n) is 15.4. The first-order chi connectivity index (χ1) is 13.5. The maximum Gasteiger partial charge on any atom is 0.306 e. The van der Waals surface area contributed by atoms with Crippen LogP contribution in [0.15, 0.2) is 48.5 Å². The van der Waals surface area contributed by atoms with Crippen molar-refractivity contribution < 1.29 is 28.2 Å². The van der Waals surface area contributed by atoms with Crippen molar-refractivity contribution in [3.63, 3.8) is 0 Å². The Morgan fingerprint density at radius 3 is 2.04 bits per heavy atom. The number of amides is 2. The molecule has 0 saturated carbocycles. The van der Waals surface area contributed by atoms with Crippen LogP contribution in [0.25, 0.3) is 0 Å². The molecule has 2 amide bonds. The molecule has 0 aromatic heterocycles. The van der Waals surface area contributed by atoms with E-state index in [1.165, 1.54) is 24.3 Å². The van der Waals surface area contributed by atoms with E-state index >= 15 is 0 Å². The van der Waals surface area contributed by atoms with E-state index in [9.17, 15) is 18.8 Å². The van der Waals surface area contributed by atoms with Gasteiger partial charge in [-0.2, -0.15) is 0 Å². The number of carbonyl (C=O) groups excluding carboxylic acids is 3. The van der Waals surface area contributed by atoms with Crippen LogP contribution in [0.5, 0.6) is 5.75 Å². The molecule has 8 heteroatoms. The van der Waals surface area contributed by atoms with Crippen LogP contribution >= 0.6 is 0 Å². The molecule has 0 spiro atoms. The number of carbonyl (C=O) groups is 3. The minimum atomic E-state index is -0.570. The molecule has 2 N–H and O–H groups in total. The Morgan fingerprint density at radius 1 is 0.857 bits per heavy atom. The van der Waals surface area contributed by atoms with Crippen molar-refractivity contribution in [3.8, 4) is 5.75 Å². The molecule has 2 aromatic carbocycles. The number of anilines is 2. The molecular formula is C20H21FN2O5. The minimum Gasteiger partial charge on any atom is -0.497 e. The Balaban J connectivity index is 1.61. The van der Waals surface area contributed by atoms with Gasteiger partial charge in [0.2, 0.25) is 5.91 Å². The van der Waals surface area contributed by atoms with Gasteiger partial charge >= 0.3 is 5.97 Å². The molecule has 0 unspecified atom stereocenters. The van der Waals surface area contributed by atoms with E-state index in [-0.39, 0.29) is 25.2 Å². The average molecular weight is 388 g/mol. The summed E-state index contributed by atoms with van der Waals surface area (Å²) in [5, 5.41) is 5.19. The molecule has 0 heterocycles. The molecule has 2 rings (SSSR count). The van der Waals surface area contributed by atoms with E-state index in [0.717, 1.165) is 0 Å². The molecular weight excluding hydrogens is 367 g/mol. The van der Waals surface area contributed by atoms with Crippen LogP contribution in [0.3, 0.4) is 0 Å². The van der Waals surface area contributed by atoms with Crippen LogP contribution < -0.4 is 15.4 Å². The minimum absolute atomic E-state index is 0.00660. The highest BCUT2D eigenvalue weighted by Gasteiger charge is 2.10. The van der Waals surface area contributed by atoms with E-state index in [1.807, 2.05) is 0 Å². The zero-order valence-corrected chi connectivity index (χ0v) is 15.4. The van der Waals surface area contributed by atoms with E-state index in [4.69, 9.17) is 9.47 Å². The fraction of sp³-hybridized carbons (Fsp3) is 0.250. The van der Waals surface area contributed by atoms with Gasteiger partial charge in [0.05, 0.1) is 7.11 Å². The van der Waals surface area contributed by atoms with Crippen molar-refractivity contribution in [2.75, 3.05) is 24.4 Å². The number of methoxy groups -OCH3 is 1. The number of rotatable bonds is 9. The topological polar surface area (TPSA) is 93.7 Å². The van der Waals surface area contributed by atoms with Crippen molar-refractivity contribution >= 4 is 29.2 Å². The van der Waals surface area contributed by atoms with Crippen LogP contribution in [0, 0.1) is 5.82 Å². The second-order valence-electron chi connectivity index (χ2n) is 5.85. The molecule has 0 aliphatic carbocycles. The highest BCUT2D eigenvalue weighted by Crippen LogP contribution is 2.15. The maximum atomic E-state index is 12.8. The van der Waals surface area contributed by atoms with Gasteiger partial charge in [0, 0.05) is 24.2 Å². The van der Waals surface area contributed by atoms with Crippen molar-refractivity contribution in [2.45, 2.75) is 19.3 Å². The fourth-order valence-electron chi connectivity index (χ4n) is 2.24. The quantitative estimate of drug-likeness (QED) is 0.644. The lowest BCUT2D eigenvalue weighted by Gasteiger charge is -2.08. The van der Waals surface area contributed by atoms with Crippen molar-refractivity contribution in [1.82, 2.24) is 0 Å². The van der Waals surface area contributed by atoms with Gasteiger partial charge in [-0.05, 0) is 55.0 Å². The first kappa shape index (κ1) is 20.9. The van der Waals surface area contributed by atoms with Crippen LogP contribution in [-0.4, -0.2) is 31.5 Å². The maximum absolute atomic E-state index is 12.8. The van der Waals surface area contributed by atoms with E-state index in [2.05, 4.69) is 10.6 Å². The lowest BCUT2D eigenvalue weighted by atomic mass is 10.2. The number of nitrogens with one attached hydrogen (secondary N) is 2. The van der Waals surface area contributed by atoms with Gasteiger partial charge in [-0.25, -0.2) is 4.39 Å². The number of halogens is 1. The lowest BCUT2D eigenvalue weighted by Crippen LogP contribution is -2.21. The van der Waals surface area contributed by atoms with E-state index < -0.39 is 24.3 Å². The van der Waals surface area contributed by atoms with E-state index in [1.54, 1.807) is 31.4 Å². The van der Waals surface area contributed by atoms with Crippen molar-refractivity contribution in [2.24, 2.45) is 0 Å². The first-order valence-electron chi connectivity index (χ1n) is 8.61. The highest BCUT2D eigenvalue weighted by atomic mass is 19.1. The van der Waals surface area contributed by atoms with Gasteiger partial charge < -0.3 is 20.1 Å². The van der Waals surface area contributed by atoms with Crippen LogP contribution in [0.2, 0.25) is 0 Å². The third-order valence-corrected chi connectivity index (χ3v) is 3.65. The SMILES string of the molecule is COc1ccc(NC(=O)COC(=O)CCCC(=O)Nc2ccc(F)cc2)cc1. The predicted molar refractivity (Wildman–Crippen MR) is 101 cm³/mol. The van der Waals surface area contributed by atoms with Crippen LogP contribution in [0.4, 0.5) is 15.8 Å². The third-order valence-electron chi connectivity index (χ3n) is 3.65. The zero-order chi connectivity index (χ0) is 20.4. The molecule has 28 heavy (non-hydrogen) atoms. The van der Waals surface area contributed by atoms with Crippen molar-refractivity contribution in [3.05, 3.63) is 54.3 Å². The van der Waals surface area contributed by atoms with Gasteiger partial charge in [-0.1, -0.05) is 0 Å². The summed E-state index contributed by atoms with van der Waals surface area (Å²) in [6, 6.07) is 12.1. The summed E-state index contributed by atoms with van der Waals surface area (Å²) in [4.78, 5) is 35.2. The molecule has 2 aromatic rings. The number of esters is 1. The highest BCUT2D eigenvalue weighted by molar-refractivity contribution is 5.93. The average Bonchev–Trinajstić information content (AvgIpc) is 2.69. The smallest absolute Gasteiger partial charge is 0.306 e. The first-order valence-corrected chi connectivity index (χ1v) is 8.61. The largest absolute Gasteiger partial charge is 0.497 e. The summed E-state index contributed by atoms with van der Waals surface area (Å²) in [7, 11) is 1.54. The fourth-order valence-corrected chi connectivity index (χ4v) is 2.24. The summed E-state index contributed by atoms with van der Waals surface area (Å²) in [5.41, 5.74) is 1.03. The Bertz CT molecular complexity index is 806. The molecule has 0 bridgehead atoms. The second-order valence-corrected chi connectivity index (χ2v) is 5.85. The van der Waals surface area contributed by atoms with Gasteiger partial charge in [-0.3, -0.25) is 14.4 Å². The van der Waals surface area contributed by atoms with Crippen LogP contribution in [0.1, 0.15) is 19.3 Å². The molecule has 0 fully saturated rings. The van der Waals surface area contributed by atoms with Crippen molar-refractivity contribution in [1.29, 1.82) is 0 Å². The van der Waals surface area contributed by atoms with E-state index in [0.29, 0.717) is 17.1 Å². The van der Waals surface area contributed by atoms with Gasteiger partial charge in [0.1, 0.15) is 11.6 Å². The molecule has 0 aliphatic rings. The Hall–Kier alpha value is -3.42. The van der Waals surface area contributed by atoms with Gasteiger partial charge in [0.25, 0.3) is 5.91 Å². The van der Waals surface area contributed by atoms with Gasteiger partial charge in [-0.15, -0.1) is 0 Å². The standard InChI is InChI=1S/C20H21FN2O5/c1-27-17-11-9-16(10-12-17)23-19(25)13-28-20(26)4-2-3-18(24)22-15-7-5-14(21)6-8-15/h5-12H,2-4,13H2,1H3,(H,22,24)(H,23,25). The third kappa shape index (κ3) is 7.45.